The van der Waals surface area contributed by atoms with Crippen LogP contribution in [-0.2, 0) is 9.53 Å². The summed E-state index contributed by atoms with van der Waals surface area (Å²) in [6.45, 7) is 1.49. The molecule has 32 heavy (non-hydrogen) atoms. The molecule has 0 aliphatic rings. The van der Waals surface area contributed by atoms with E-state index in [0.717, 1.165) is 6.08 Å². The molecule has 0 saturated heterocycles. The molecule has 0 aliphatic heterocycles. The van der Waals surface area contributed by atoms with Gasteiger partial charge in [0, 0.05) is 17.3 Å². The van der Waals surface area contributed by atoms with E-state index in [0.29, 0.717) is 41.8 Å². The molecule has 8 nitrogen and oxygen atoms in total. The van der Waals surface area contributed by atoms with Gasteiger partial charge in [0.25, 0.3) is 0 Å². The van der Waals surface area contributed by atoms with Crippen molar-refractivity contribution < 1.29 is 34.1 Å². The van der Waals surface area contributed by atoms with Crippen LogP contribution in [0, 0.1) is 0 Å². The van der Waals surface area contributed by atoms with Crippen LogP contribution in [0.2, 0.25) is 0 Å². The fourth-order valence-electron chi connectivity index (χ4n) is 2.93. The zero-order valence-corrected chi connectivity index (χ0v) is 17.8. The molecule has 0 aliphatic carbocycles. The Balaban J connectivity index is 2.08. The van der Waals surface area contributed by atoms with E-state index in [4.69, 9.17) is 19.7 Å². The Morgan fingerprint density at radius 3 is 2.53 bits per heavy atom. The summed E-state index contributed by atoms with van der Waals surface area (Å²) in [4.78, 5) is 34.5. The molecule has 0 spiro atoms. The van der Waals surface area contributed by atoms with Crippen molar-refractivity contribution in [1.29, 1.82) is 0 Å². The minimum atomic E-state index is -1.01. The van der Waals surface area contributed by atoms with Crippen molar-refractivity contribution in [3.8, 4) is 5.75 Å². The number of carbonyl (C=O) groups is 3. The molecule has 8 heteroatoms. The van der Waals surface area contributed by atoms with Crippen molar-refractivity contribution in [3.63, 3.8) is 0 Å². The summed E-state index contributed by atoms with van der Waals surface area (Å²) in [6.07, 6.45) is 2.95. The molecular formula is C24H27NO7. The van der Waals surface area contributed by atoms with E-state index in [-0.39, 0.29) is 19.0 Å². The average molecular weight is 441 g/mol. The number of carbonyl (C=O) groups excluding carboxylic acids is 2. The molecular weight excluding hydrogens is 414 g/mol. The van der Waals surface area contributed by atoms with E-state index in [2.05, 4.69) is 5.32 Å². The maximum absolute atomic E-state index is 12.5. The molecule has 0 aromatic heterocycles. The van der Waals surface area contributed by atoms with Gasteiger partial charge in [0.15, 0.2) is 5.78 Å². The SMILES string of the molecule is CC(=O)c1ccc(NC(=O)O[C@@H](CCC/C=C/C(=O)O)c2cccc(OCCO)c2)cc1. The van der Waals surface area contributed by atoms with Crippen molar-refractivity contribution in [2.75, 3.05) is 18.5 Å². The summed E-state index contributed by atoms with van der Waals surface area (Å²) >= 11 is 0. The third-order valence-electron chi connectivity index (χ3n) is 4.47. The van der Waals surface area contributed by atoms with Crippen LogP contribution in [0.1, 0.15) is 48.2 Å². The highest BCUT2D eigenvalue weighted by Crippen LogP contribution is 2.27. The molecule has 0 bridgehead atoms. The van der Waals surface area contributed by atoms with E-state index in [1.54, 1.807) is 54.6 Å². The normalized spacial score (nSPS) is 11.7. The predicted molar refractivity (Wildman–Crippen MR) is 119 cm³/mol. The number of unbranched alkanes of at least 4 members (excludes halogenated alkanes) is 1. The molecule has 0 fully saturated rings. The molecule has 170 valence electrons. The van der Waals surface area contributed by atoms with Gasteiger partial charge < -0.3 is 19.7 Å². The lowest BCUT2D eigenvalue weighted by Crippen LogP contribution is -2.18. The summed E-state index contributed by atoms with van der Waals surface area (Å²) in [5.41, 5.74) is 1.74. The van der Waals surface area contributed by atoms with Crippen LogP contribution in [0.5, 0.6) is 5.75 Å². The Bertz CT molecular complexity index is 938. The predicted octanol–water partition coefficient (Wildman–Crippen LogP) is 4.36. The lowest BCUT2D eigenvalue weighted by atomic mass is 10.0. The largest absolute Gasteiger partial charge is 0.491 e. The third-order valence-corrected chi connectivity index (χ3v) is 4.47. The molecule has 0 heterocycles. The average Bonchev–Trinajstić information content (AvgIpc) is 2.77. The molecule has 2 aromatic carbocycles. The van der Waals surface area contributed by atoms with Crippen LogP contribution in [0.25, 0.3) is 0 Å². The van der Waals surface area contributed by atoms with Crippen molar-refractivity contribution >= 4 is 23.5 Å². The Morgan fingerprint density at radius 2 is 1.88 bits per heavy atom. The van der Waals surface area contributed by atoms with Crippen molar-refractivity contribution in [2.24, 2.45) is 0 Å². The number of hydrogen-bond donors (Lipinski definition) is 3. The van der Waals surface area contributed by atoms with Gasteiger partial charge in [-0.3, -0.25) is 10.1 Å². The summed E-state index contributed by atoms with van der Waals surface area (Å²) < 4.78 is 11.1. The zero-order chi connectivity index (χ0) is 23.3. The lowest BCUT2D eigenvalue weighted by molar-refractivity contribution is -0.131. The second kappa shape index (κ2) is 12.9. The van der Waals surface area contributed by atoms with Gasteiger partial charge in [0.05, 0.1) is 6.61 Å². The standard InChI is InChI=1S/C24H27NO7/c1-17(27)18-10-12-20(13-11-18)25-24(30)32-22(8-3-2-4-9-23(28)29)19-6-5-7-21(16-19)31-15-14-26/h4-7,9-13,16,22,26H,2-3,8,14-15H2,1H3,(H,25,30)(H,28,29)/b9-4+/t22-/m0/s1. The second-order valence-corrected chi connectivity index (χ2v) is 6.97. The fraction of sp³-hybridized carbons (Fsp3) is 0.292. The number of allylic oxidation sites excluding steroid dienone is 1. The summed E-state index contributed by atoms with van der Waals surface area (Å²) in [5.74, 6) is -0.544. The zero-order valence-electron chi connectivity index (χ0n) is 17.8. The molecule has 0 saturated carbocycles. The first kappa shape index (κ1) is 24.6. The van der Waals surface area contributed by atoms with Crippen LogP contribution in [-0.4, -0.2) is 41.3 Å². The number of hydrogen-bond acceptors (Lipinski definition) is 6. The minimum absolute atomic E-state index is 0.0700. The third kappa shape index (κ3) is 8.61. The Morgan fingerprint density at radius 1 is 1.12 bits per heavy atom. The second-order valence-electron chi connectivity index (χ2n) is 6.97. The molecule has 1 amide bonds. The van der Waals surface area contributed by atoms with E-state index in [9.17, 15) is 14.4 Å². The number of aliphatic carboxylic acids is 1. The number of benzene rings is 2. The molecule has 0 unspecified atom stereocenters. The number of nitrogens with one attached hydrogen (secondary N) is 1. The van der Waals surface area contributed by atoms with E-state index in [1.165, 1.54) is 6.92 Å². The van der Waals surface area contributed by atoms with E-state index < -0.39 is 18.2 Å². The highest BCUT2D eigenvalue weighted by Gasteiger charge is 2.18. The van der Waals surface area contributed by atoms with Crippen molar-refractivity contribution in [3.05, 3.63) is 71.8 Å². The number of ketones is 1. The summed E-state index contributed by atoms with van der Waals surface area (Å²) in [7, 11) is 0. The summed E-state index contributed by atoms with van der Waals surface area (Å²) in [6, 6.07) is 13.5. The smallest absolute Gasteiger partial charge is 0.412 e. The van der Waals surface area contributed by atoms with Crippen LogP contribution in [0.3, 0.4) is 0 Å². The first-order valence-electron chi connectivity index (χ1n) is 10.2. The van der Waals surface area contributed by atoms with Gasteiger partial charge in [-0.15, -0.1) is 0 Å². The van der Waals surface area contributed by atoms with Crippen LogP contribution >= 0.6 is 0 Å². The van der Waals surface area contributed by atoms with Gasteiger partial charge in [-0.2, -0.15) is 0 Å². The molecule has 0 radical (unpaired) electrons. The molecule has 2 aromatic rings. The maximum atomic E-state index is 12.5. The van der Waals surface area contributed by atoms with Crippen LogP contribution < -0.4 is 10.1 Å². The van der Waals surface area contributed by atoms with E-state index >= 15 is 0 Å². The molecule has 1 atom stereocenters. The first-order chi connectivity index (χ1) is 15.4. The minimum Gasteiger partial charge on any atom is -0.491 e. The maximum Gasteiger partial charge on any atom is 0.412 e. The quantitative estimate of drug-likeness (QED) is 0.254. The number of carboxylic acids is 1. The highest BCUT2D eigenvalue weighted by molar-refractivity contribution is 5.95. The number of rotatable bonds is 12. The number of amides is 1. The number of ether oxygens (including phenoxy) is 2. The monoisotopic (exact) mass is 441 g/mol. The van der Waals surface area contributed by atoms with Gasteiger partial charge in [0.2, 0.25) is 0 Å². The first-order valence-corrected chi connectivity index (χ1v) is 10.2. The molecule has 2 rings (SSSR count). The van der Waals surface area contributed by atoms with Gasteiger partial charge in [-0.05, 0) is 68.1 Å². The van der Waals surface area contributed by atoms with Gasteiger partial charge in [0.1, 0.15) is 18.5 Å². The Labute approximate surface area is 186 Å². The number of aliphatic hydroxyl groups excluding tert-OH is 1. The lowest BCUT2D eigenvalue weighted by Gasteiger charge is -2.19. The Hall–Kier alpha value is -3.65. The van der Waals surface area contributed by atoms with Gasteiger partial charge >= 0.3 is 12.1 Å². The van der Waals surface area contributed by atoms with E-state index in [1.807, 2.05) is 0 Å². The topological polar surface area (TPSA) is 122 Å². The fourth-order valence-corrected chi connectivity index (χ4v) is 2.93. The number of aliphatic hydroxyl groups is 1. The number of carboxylic acid groups (broad SMARTS) is 1. The van der Waals surface area contributed by atoms with Gasteiger partial charge in [-0.1, -0.05) is 18.2 Å². The summed E-state index contributed by atoms with van der Waals surface area (Å²) in [5, 5.41) is 20.3. The highest BCUT2D eigenvalue weighted by atomic mass is 16.6. The number of anilines is 1. The van der Waals surface area contributed by atoms with Crippen molar-refractivity contribution in [1.82, 2.24) is 0 Å². The van der Waals surface area contributed by atoms with Crippen LogP contribution in [0.15, 0.2) is 60.7 Å². The van der Waals surface area contributed by atoms with Crippen molar-refractivity contribution in [2.45, 2.75) is 32.3 Å². The number of Topliss-reactive ketones (excluding diaryl/α,β-unsaturated/α-hetero) is 1. The Kier molecular flexibility index (Phi) is 9.93. The molecule has 3 N–H and O–H groups in total. The van der Waals surface area contributed by atoms with Gasteiger partial charge in [-0.25, -0.2) is 9.59 Å². The van der Waals surface area contributed by atoms with Crippen LogP contribution in [0.4, 0.5) is 10.5 Å².